The van der Waals surface area contributed by atoms with Crippen LogP contribution in [0.2, 0.25) is 0 Å². The predicted octanol–water partition coefficient (Wildman–Crippen LogP) is 2.78. The van der Waals surface area contributed by atoms with Crippen molar-refractivity contribution in [1.82, 2.24) is 14.9 Å². The van der Waals surface area contributed by atoms with Crippen LogP contribution in [-0.4, -0.2) is 65.9 Å². The number of rotatable bonds is 9. The van der Waals surface area contributed by atoms with Gasteiger partial charge >= 0.3 is 6.18 Å². The van der Waals surface area contributed by atoms with Crippen molar-refractivity contribution in [3.05, 3.63) is 35.4 Å². The number of anilines is 3. The lowest BCUT2D eigenvalue weighted by Gasteiger charge is -2.33. The van der Waals surface area contributed by atoms with Crippen molar-refractivity contribution in [1.29, 1.82) is 5.26 Å². The summed E-state index contributed by atoms with van der Waals surface area (Å²) in [5.41, 5.74) is 10.7. The second-order valence-electron chi connectivity index (χ2n) is 7.83. The maximum atomic E-state index is 13.5. The van der Waals surface area contributed by atoms with Crippen LogP contribution in [0.4, 0.5) is 30.6 Å². The van der Waals surface area contributed by atoms with Crippen molar-refractivity contribution in [3.8, 4) is 6.07 Å². The van der Waals surface area contributed by atoms with E-state index in [0.29, 0.717) is 26.2 Å². The van der Waals surface area contributed by atoms with Crippen LogP contribution in [0.3, 0.4) is 0 Å². The number of alkyl halides is 3. The number of hydrogen-bond donors (Lipinski definition) is 2. The van der Waals surface area contributed by atoms with E-state index in [-0.39, 0.29) is 34.5 Å². The Balaban J connectivity index is 2.08. The van der Waals surface area contributed by atoms with Crippen LogP contribution < -0.4 is 16.4 Å². The average molecular weight is 510 g/mol. The molecule has 1 aromatic heterocycles. The number of aromatic nitrogens is 2. The van der Waals surface area contributed by atoms with Crippen LogP contribution in [0.25, 0.3) is 0 Å². The molecule has 2 aromatic rings. The Morgan fingerprint density at radius 2 is 2.06 bits per heavy atom. The zero-order valence-electron chi connectivity index (χ0n) is 19.1. The first-order valence-electron chi connectivity index (χ1n) is 10.8. The highest BCUT2D eigenvalue weighted by Gasteiger charge is 2.34. The molecule has 1 fully saturated rings. The molecular formula is C22H26F3N7O2S. The molecule has 0 unspecified atom stereocenters. The first-order valence-corrected chi connectivity index (χ1v) is 12.1. The molecular weight excluding hydrogens is 483 g/mol. The summed E-state index contributed by atoms with van der Waals surface area (Å²) in [7, 11) is 0. The van der Waals surface area contributed by atoms with Gasteiger partial charge in [0.2, 0.25) is 11.9 Å². The van der Waals surface area contributed by atoms with Crippen LogP contribution in [0.5, 0.6) is 0 Å². The van der Waals surface area contributed by atoms with E-state index in [1.54, 1.807) is 6.26 Å². The van der Waals surface area contributed by atoms with E-state index in [1.165, 1.54) is 17.0 Å². The fraction of sp³-hybridized carbons (Fsp3) is 0.455. The van der Waals surface area contributed by atoms with E-state index in [4.69, 9.17) is 16.2 Å². The second-order valence-corrected chi connectivity index (χ2v) is 8.63. The van der Waals surface area contributed by atoms with Crippen LogP contribution in [0.1, 0.15) is 24.0 Å². The highest BCUT2D eigenvalue weighted by Crippen LogP contribution is 2.37. The van der Waals surface area contributed by atoms with Crippen molar-refractivity contribution in [2.45, 2.75) is 30.1 Å². The Kier molecular flexibility index (Phi) is 8.76. The molecule has 0 spiro atoms. The van der Waals surface area contributed by atoms with Gasteiger partial charge in [-0.25, -0.2) is 4.98 Å². The number of nitrogen functional groups attached to an aromatic ring is 1. The number of nitrogens with zero attached hydrogens (tertiary/aromatic N) is 5. The molecule has 1 saturated heterocycles. The average Bonchev–Trinajstić information content (AvgIpc) is 2.83. The number of nitriles is 1. The number of ether oxygens (including phenoxy) is 1. The Morgan fingerprint density at radius 3 is 2.66 bits per heavy atom. The quantitative estimate of drug-likeness (QED) is 0.386. The number of thioether (sulfide) groups is 1. The van der Waals surface area contributed by atoms with Gasteiger partial charge in [-0.15, -0.1) is 11.8 Å². The van der Waals surface area contributed by atoms with Gasteiger partial charge in [0.1, 0.15) is 22.7 Å². The molecule has 2 heterocycles. The number of carbonyl (C=O) groups excluding carboxylic acids is 1. The van der Waals surface area contributed by atoms with Gasteiger partial charge in [0.15, 0.2) is 5.82 Å². The third kappa shape index (κ3) is 6.53. The summed E-state index contributed by atoms with van der Waals surface area (Å²) in [4.78, 5) is 24.3. The van der Waals surface area contributed by atoms with E-state index in [2.05, 4.69) is 14.9 Å². The largest absolute Gasteiger partial charge is 0.416 e. The molecule has 0 radical (unpaired) electrons. The normalized spacial score (nSPS) is 15.4. The predicted molar refractivity (Wildman–Crippen MR) is 126 cm³/mol. The second kappa shape index (κ2) is 11.6. The molecule has 4 N–H and O–H groups in total. The standard InChI is InChI=1S/C22H26F3N7O2S/c1-35-20-16(13-26)19(29-21(28)30-20)32(15-5-2-4-14(12-15)22(23,24)25)17(18(27)33)6-3-7-31-8-10-34-11-9-31/h2,4-5,12,17H,3,6-11H2,1H3,(H2,27,33)(H2,28,29,30)/t17-/m0/s1. The van der Waals surface area contributed by atoms with Gasteiger partial charge in [0.25, 0.3) is 0 Å². The van der Waals surface area contributed by atoms with Gasteiger partial charge in [-0.05, 0) is 43.8 Å². The smallest absolute Gasteiger partial charge is 0.379 e. The summed E-state index contributed by atoms with van der Waals surface area (Å²) in [6.07, 6.45) is -2.20. The number of morpholine rings is 1. The summed E-state index contributed by atoms with van der Waals surface area (Å²) in [6, 6.07) is 5.37. The monoisotopic (exact) mass is 509 g/mol. The molecule has 0 saturated carbocycles. The molecule has 13 heteroatoms. The van der Waals surface area contributed by atoms with Gasteiger partial charge in [-0.1, -0.05) is 6.07 Å². The maximum Gasteiger partial charge on any atom is 0.416 e. The first-order chi connectivity index (χ1) is 16.7. The van der Waals surface area contributed by atoms with E-state index in [0.717, 1.165) is 37.0 Å². The number of carbonyl (C=O) groups is 1. The zero-order chi connectivity index (χ0) is 25.6. The van der Waals surface area contributed by atoms with Gasteiger partial charge in [0, 0.05) is 18.8 Å². The van der Waals surface area contributed by atoms with Crippen molar-refractivity contribution >= 4 is 35.1 Å². The first kappa shape index (κ1) is 26.5. The Hall–Kier alpha value is -3.08. The fourth-order valence-corrected chi connectivity index (χ4v) is 4.40. The van der Waals surface area contributed by atoms with E-state index >= 15 is 0 Å². The Bertz CT molecular complexity index is 1090. The molecule has 1 aliphatic rings. The molecule has 9 nitrogen and oxygen atoms in total. The Morgan fingerprint density at radius 1 is 1.34 bits per heavy atom. The van der Waals surface area contributed by atoms with Gasteiger partial charge in [0.05, 0.1) is 18.8 Å². The van der Waals surface area contributed by atoms with Crippen molar-refractivity contribution < 1.29 is 22.7 Å². The summed E-state index contributed by atoms with van der Waals surface area (Å²) < 4.78 is 45.9. The lowest BCUT2D eigenvalue weighted by molar-refractivity contribution is -0.137. The van der Waals surface area contributed by atoms with Crippen molar-refractivity contribution in [2.24, 2.45) is 5.73 Å². The summed E-state index contributed by atoms with van der Waals surface area (Å²) in [6.45, 7) is 3.36. The lowest BCUT2D eigenvalue weighted by Crippen LogP contribution is -2.44. The minimum Gasteiger partial charge on any atom is -0.379 e. The van der Waals surface area contributed by atoms with Gasteiger partial charge in [-0.3, -0.25) is 9.69 Å². The van der Waals surface area contributed by atoms with E-state index in [1.807, 2.05) is 6.07 Å². The number of nitrogens with two attached hydrogens (primary N) is 2. The summed E-state index contributed by atoms with van der Waals surface area (Å²) in [5.74, 6) is -1.02. The minimum atomic E-state index is -4.62. The molecule has 3 rings (SSSR count). The van der Waals surface area contributed by atoms with Crippen LogP contribution in [0, 0.1) is 11.3 Å². The van der Waals surface area contributed by atoms with Gasteiger partial charge < -0.3 is 21.1 Å². The number of hydrogen-bond acceptors (Lipinski definition) is 9. The molecule has 1 amide bonds. The Labute approximate surface area is 205 Å². The highest BCUT2D eigenvalue weighted by atomic mass is 32.2. The molecule has 1 aliphatic heterocycles. The third-order valence-electron chi connectivity index (χ3n) is 5.55. The third-order valence-corrected chi connectivity index (χ3v) is 6.24. The molecule has 1 atom stereocenters. The van der Waals surface area contributed by atoms with Gasteiger partial charge in [-0.2, -0.15) is 23.4 Å². The maximum absolute atomic E-state index is 13.5. The van der Waals surface area contributed by atoms with Crippen molar-refractivity contribution in [3.63, 3.8) is 0 Å². The van der Waals surface area contributed by atoms with E-state index < -0.39 is 23.7 Å². The van der Waals surface area contributed by atoms with Crippen LogP contribution >= 0.6 is 11.8 Å². The summed E-state index contributed by atoms with van der Waals surface area (Å²) in [5, 5.41) is 10.1. The topological polar surface area (TPSA) is 134 Å². The molecule has 0 aliphatic carbocycles. The number of halogens is 3. The highest BCUT2D eigenvalue weighted by molar-refractivity contribution is 7.98. The minimum absolute atomic E-state index is 0.0106. The molecule has 1 aromatic carbocycles. The number of amides is 1. The van der Waals surface area contributed by atoms with Crippen LogP contribution in [0.15, 0.2) is 29.3 Å². The SMILES string of the molecule is CSc1nc(N)nc(N(c2cccc(C(F)(F)F)c2)[C@@H](CCCN2CCOCC2)C(N)=O)c1C#N. The lowest BCUT2D eigenvalue weighted by atomic mass is 10.0. The van der Waals surface area contributed by atoms with Crippen LogP contribution in [-0.2, 0) is 15.7 Å². The molecule has 0 bridgehead atoms. The zero-order valence-corrected chi connectivity index (χ0v) is 19.9. The fourth-order valence-electron chi connectivity index (χ4n) is 3.88. The summed E-state index contributed by atoms with van der Waals surface area (Å²) >= 11 is 1.13. The number of primary amides is 1. The van der Waals surface area contributed by atoms with Crippen molar-refractivity contribution in [2.75, 3.05) is 49.7 Å². The number of benzene rings is 1. The molecule has 35 heavy (non-hydrogen) atoms. The molecule has 188 valence electrons. The van der Waals surface area contributed by atoms with E-state index in [9.17, 15) is 23.2 Å².